The van der Waals surface area contributed by atoms with Crippen LogP contribution in [0.4, 0.5) is 5.69 Å². The number of nitrogens with one attached hydrogen (secondary N) is 1. The lowest BCUT2D eigenvalue weighted by Gasteiger charge is -2.12. The van der Waals surface area contributed by atoms with Crippen LogP contribution in [0.15, 0.2) is 42.5 Å². The first-order chi connectivity index (χ1) is 12.8. The average Bonchev–Trinajstić information content (AvgIpc) is 2.66. The largest absolute Gasteiger partial charge is 0.471 e. The van der Waals surface area contributed by atoms with E-state index in [1.54, 1.807) is 0 Å². The zero-order chi connectivity index (χ0) is 18.5. The number of hydrogen-bond acceptors (Lipinski definition) is 2. The van der Waals surface area contributed by atoms with Gasteiger partial charge in [-0.1, -0.05) is 101 Å². The predicted molar refractivity (Wildman–Crippen MR) is 118 cm³/mol. The molecule has 0 saturated heterocycles. The zero-order valence-electron chi connectivity index (χ0n) is 16.1. The molecule has 0 aliphatic carbocycles. The van der Waals surface area contributed by atoms with Crippen molar-refractivity contribution < 1.29 is 4.74 Å². The zero-order valence-corrected chi connectivity index (χ0v) is 17.0. The Kier molecular flexibility index (Phi) is 10.1. The summed E-state index contributed by atoms with van der Waals surface area (Å²) in [7, 11) is 0. The topological polar surface area (TPSA) is 21.3 Å². The van der Waals surface area contributed by atoms with E-state index in [2.05, 4.69) is 30.4 Å². The summed E-state index contributed by atoms with van der Waals surface area (Å²) in [5.74, 6) is 0. The van der Waals surface area contributed by atoms with Crippen LogP contribution < -0.4 is 5.32 Å². The molecule has 2 nitrogen and oxygen atoms in total. The molecule has 0 amide bonds. The number of anilines is 1. The van der Waals surface area contributed by atoms with Gasteiger partial charge in [0.2, 0.25) is 0 Å². The van der Waals surface area contributed by atoms with Gasteiger partial charge in [0.25, 0.3) is 5.17 Å². The molecule has 0 unspecified atom stereocenters. The van der Waals surface area contributed by atoms with Gasteiger partial charge in [0.15, 0.2) is 0 Å². The molecule has 0 bridgehead atoms. The molecule has 3 heteroatoms. The Balaban J connectivity index is 1.54. The summed E-state index contributed by atoms with van der Waals surface area (Å²) in [5.41, 5.74) is 1.01. The second kappa shape index (κ2) is 12.7. The number of hydrogen-bond donors (Lipinski definition) is 1. The van der Waals surface area contributed by atoms with Crippen molar-refractivity contribution in [2.75, 3.05) is 11.9 Å². The fourth-order valence-corrected chi connectivity index (χ4v) is 3.43. The summed E-state index contributed by atoms with van der Waals surface area (Å²) in [4.78, 5) is 0. The van der Waals surface area contributed by atoms with Crippen molar-refractivity contribution >= 4 is 33.9 Å². The van der Waals surface area contributed by atoms with Crippen LogP contribution in [0.5, 0.6) is 0 Å². The van der Waals surface area contributed by atoms with Gasteiger partial charge in [-0.05, 0) is 30.1 Å². The summed E-state index contributed by atoms with van der Waals surface area (Å²) in [5, 5.41) is 6.07. The summed E-state index contributed by atoms with van der Waals surface area (Å²) in [6, 6.07) is 14.5. The molecule has 26 heavy (non-hydrogen) atoms. The van der Waals surface area contributed by atoms with Crippen molar-refractivity contribution in [1.82, 2.24) is 0 Å². The van der Waals surface area contributed by atoms with Gasteiger partial charge in [0.05, 0.1) is 6.61 Å². The van der Waals surface area contributed by atoms with Crippen LogP contribution in [0.1, 0.15) is 71.1 Å². The first-order valence-corrected chi connectivity index (χ1v) is 10.6. The molecule has 0 aromatic heterocycles. The van der Waals surface area contributed by atoms with Crippen LogP contribution in [0.3, 0.4) is 0 Å². The second-order valence-electron chi connectivity index (χ2n) is 6.97. The average molecular weight is 372 g/mol. The maximum atomic E-state index is 5.69. The molecule has 0 aliphatic heterocycles. The molecule has 142 valence electrons. The van der Waals surface area contributed by atoms with E-state index < -0.39 is 0 Å². The Morgan fingerprint density at radius 1 is 0.808 bits per heavy atom. The molecule has 0 saturated carbocycles. The van der Waals surface area contributed by atoms with E-state index in [1.165, 1.54) is 68.6 Å². The minimum Gasteiger partial charge on any atom is -0.471 e. The molecular weight excluding hydrogens is 338 g/mol. The third-order valence-electron chi connectivity index (χ3n) is 4.76. The van der Waals surface area contributed by atoms with Crippen LogP contribution in [0, 0.1) is 0 Å². The predicted octanol–water partition coefficient (Wildman–Crippen LogP) is 7.47. The molecule has 0 fully saturated rings. The van der Waals surface area contributed by atoms with Crippen molar-refractivity contribution in [3.8, 4) is 0 Å². The van der Waals surface area contributed by atoms with E-state index in [9.17, 15) is 0 Å². The van der Waals surface area contributed by atoms with Crippen molar-refractivity contribution in [3.05, 3.63) is 42.5 Å². The fourth-order valence-electron chi connectivity index (χ4n) is 3.23. The number of rotatable bonds is 12. The molecule has 0 aliphatic rings. The van der Waals surface area contributed by atoms with Gasteiger partial charge >= 0.3 is 0 Å². The van der Waals surface area contributed by atoms with Gasteiger partial charge in [-0.15, -0.1) is 0 Å². The monoisotopic (exact) mass is 371 g/mol. The lowest BCUT2D eigenvalue weighted by Crippen LogP contribution is -2.14. The van der Waals surface area contributed by atoms with Gasteiger partial charge < -0.3 is 10.1 Å². The number of benzene rings is 2. The van der Waals surface area contributed by atoms with Gasteiger partial charge in [-0.25, -0.2) is 0 Å². The van der Waals surface area contributed by atoms with Crippen LogP contribution >= 0.6 is 12.2 Å². The van der Waals surface area contributed by atoms with Crippen LogP contribution in [-0.4, -0.2) is 11.8 Å². The van der Waals surface area contributed by atoms with E-state index in [4.69, 9.17) is 17.0 Å². The highest BCUT2D eigenvalue weighted by atomic mass is 32.1. The number of thiocarbonyl (C=S) groups is 1. The first kappa shape index (κ1) is 20.7. The van der Waals surface area contributed by atoms with Gasteiger partial charge in [-0.2, -0.15) is 0 Å². The highest BCUT2D eigenvalue weighted by Gasteiger charge is 2.03. The Labute approximate surface area is 164 Å². The Morgan fingerprint density at radius 2 is 1.42 bits per heavy atom. The van der Waals surface area contributed by atoms with E-state index >= 15 is 0 Å². The molecular formula is C23H33NOS. The van der Waals surface area contributed by atoms with Gasteiger partial charge in [0.1, 0.15) is 0 Å². The van der Waals surface area contributed by atoms with E-state index in [0.29, 0.717) is 11.8 Å². The Morgan fingerprint density at radius 3 is 2.15 bits per heavy atom. The third-order valence-corrected chi connectivity index (χ3v) is 4.98. The Hall–Kier alpha value is -1.61. The molecule has 2 aromatic carbocycles. The number of ether oxygens (including phenoxy) is 1. The van der Waals surface area contributed by atoms with Gasteiger partial charge in [-0.3, -0.25) is 0 Å². The third kappa shape index (κ3) is 7.74. The molecule has 0 atom stereocenters. The summed E-state index contributed by atoms with van der Waals surface area (Å²) >= 11 is 5.34. The van der Waals surface area contributed by atoms with Crippen LogP contribution in [0.2, 0.25) is 0 Å². The summed E-state index contributed by atoms with van der Waals surface area (Å²) < 4.78 is 5.69. The molecule has 0 heterocycles. The maximum Gasteiger partial charge on any atom is 0.261 e. The summed E-state index contributed by atoms with van der Waals surface area (Å²) in [6.07, 6.45) is 13.3. The Bertz CT molecular complexity index is 650. The van der Waals surface area contributed by atoms with Crippen molar-refractivity contribution in [1.29, 1.82) is 0 Å². The molecule has 2 rings (SSSR count). The first-order valence-electron chi connectivity index (χ1n) is 10.2. The second-order valence-corrected chi connectivity index (χ2v) is 7.34. The van der Waals surface area contributed by atoms with Crippen molar-refractivity contribution in [2.24, 2.45) is 0 Å². The van der Waals surface area contributed by atoms with E-state index in [0.717, 1.165) is 12.1 Å². The highest BCUT2D eigenvalue weighted by molar-refractivity contribution is 7.80. The minimum atomic E-state index is 0.470. The van der Waals surface area contributed by atoms with Crippen LogP contribution in [0.25, 0.3) is 10.8 Å². The van der Waals surface area contributed by atoms with Gasteiger partial charge in [0, 0.05) is 11.1 Å². The number of unbranched alkanes of at least 4 members (excludes halogenated alkanes) is 9. The lowest BCUT2D eigenvalue weighted by molar-refractivity contribution is 0.299. The van der Waals surface area contributed by atoms with E-state index in [-0.39, 0.29) is 0 Å². The molecule has 0 radical (unpaired) electrons. The normalized spacial score (nSPS) is 10.8. The van der Waals surface area contributed by atoms with E-state index in [1.807, 2.05) is 24.3 Å². The molecule has 1 N–H and O–H groups in total. The van der Waals surface area contributed by atoms with Crippen molar-refractivity contribution in [3.63, 3.8) is 0 Å². The molecule has 0 spiro atoms. The number of fused-ring (bicyclic) bond motifs is 1. The maximum absolute atomic E-state index is 5.69. The van der Waals surface area contributed by atoms with Crippen molar-refractivity contribution in [2.45, 2.75) is 71.1 Å². The summed E-state index contributed by atoms with van der Waals surface area (Å²) in [6.45, 7) is 2.97. The SMILES string of the molecule is CCCCCCCCCCCCOC(=S)Nc1cccc2ccccc12. The quantitative estimate of drug-likeness (QED) is 0.309. The molecule has 2 aromatic rings. The van der Waals surface area contributed by atoms with Crippen LogP contribution in [-0.2, 0) is 4.74 Å². The standard InChI is InChI=1S/C23H33NOS/c1-2-3-4-5-6-7-8-9-10-13-19-25-23(26)24-22-18-14-16-20-15-11-12-17-21(20)22/h11-12,14-18H,2-10,13,19H2,1H3,(H,24,26). The fraction of sp³-hybridized carbons (Fsp3) is 0.522. The smallest absolute Gasteiger partial charge is 0.261 e. The highest BCUT2D eigenvalue weighted by Crippen LogP contribution is 2.23. The lowest BCUT2D eigenvalue weighted by atomic mass is 10.1. The minimum absolute atomic E-state index is 0.470.